The number of hydrogen-bond donors (Lipinski definition) is 0. The topological polar surface area (TPSA) is 85.8 Å². The van der Waals surface area contributed by atoms with E-state index < -0.39 is 9.84 Å². The van der Waals surface area contributed by atoms with Gasteiger partial charge in [-0.3, -0.25) is 4.79 Å². The van der Waals surface area contributed by atoms with E-state index in [1.165, 1.54) is 12.1 Å². The highest BCUT2D eigenvalue weighted by atomic mass is 32.2. The number of hydrogen-bond acceptors (Lipinski definition) is 7. The van der Waals surface area contributed by atoms with Gasteiger partial charge in [-0.1, -0.05) is 6.07 Å². The van der Waals surface area contributed by atoms with Crippen LogP contribution in [-0.2, 0) is 16.4 Å². The fourth-order valence-corrected chi connectivity index (χ4v) is 4.19. The van der Waals surface area contributed by atoms with Gasteiger partial charge >= 0.3 is 0 Å². The fraction of sp³-hybridized carbons (Fsp3) is 0.304. The molecule has 0 atom stereocenters. The molecule has 1 amide bonds. The largest absolute Gasteiger partial charge is 0.493 e. The van der Waals surface area contributed by atoms with Gasteiger partial charge in [-0.05, 0) is 55.8 Å². The summed E-state index contributed by atoms with van der Waals surface area (Å²) in [6.07, 6.45) is 1.77. The molecule has 9 heteroatoms. The van der Waals surface area contributed by atoms with Crippen molar-refractivity contribution in [3.8, 4) is 11.5 Å². The number of ether oxygens (including phenoxy) is 2. The fourth-order valence-electron chi connectivity index (χ4n) is 2.93. The summed E-state index contributed by atoms with van der Waals surface area (Å²) < 4.78 is 34.6. The van der Waals surface area contributed by atoms with Crippen molar-refractivity contribution in [3.05, 3.63) is 70.2 Å². The Bertz CT molecular complexity index is 1160. The van der Waals surface area contributed by atoms with Crippen molar-refractivity contribution in [1.82, 2.24) is 9.88 Å². The molecule has 0 aliphatic heterocycles. The van der Waals surface area contributed by atoms with Crippen LogP contribution in [0.3, 0.4) is 0 Å². The number of sulfone groups is 1. The van der Waals surface area contributed by atoms with Crippen molar-refractivity contribution >= 4 is 27.1 Å². The second kappa shape index (κ2) is 10.6. The summed E-state index contributed by atoms with van der Waals surface area (Å²) in [5, 5.41) is 2.97. The second-order valence-corrected chi connectivity index (χ2v) is 10.4. The van der Waals surface area contributed by atoms with E-state index in [0.29, 0.717) is 43.2 Å². The number of benzene rings is 2. The maximum atomic E-state index is 12.6. The van der Waals surface area contributed by atoms with Gasteiger partial charge in [0.15, 0.2) is 9.84 Å². The van der Waals surface area contributed by atoms with Gasteiger partial charge in [-0.2, -0.15) is 0 Å². The summed E-state index contributed by atoms with van der Waals surface area (Å²) in [5.74, 6) is 1.08. The van der Waals surface area contributed by atoms with Gasteiger partial charge in [0.1, 0.15) is 18.1 Å². The number of thiazole rings is 1. The van der Waals surface area contributed by atoms with E-state index in [4.69, 9.17) is 9.47 Å². The van der Waals surface area contributed by atoms with E-state index >= 15 is 0 Å². The lowest BCUT2D eigenvalue weighted by atomic mass is 10.2. The molecule has 0 aliphatic rings. The van der Waals surface area contributed by atoms with Gasteiger partial charge in [0.05, 0.1) is 22.2 Å². The molecular formula is C23H26N2O5S2. The average molecular weight is 475 g/mol. The minimum atomic E-state index is -3.28. The van der Waals surface area contributed by atoms with Crippen LogP contribution in [0.5, 0.6) is 11.5 Å². The number of aromatic nitrogens is 1. The molecule has 1 aromatic heterocycles. The molecule has 0 bridgehead atoms. The van der Waals surface area contributed by atoms with E-state index in [0.717, 1.165) is 17.0 Å². The predicted molar refractivity (Wildman–Crippen MR) is 124 cm³/mol. The molecule has 170 valence electrons. The molecule has 0 spiro atoms. The van der Waals surface area contributed by atoms with Crippen LogP contribution in [0.2, 0.25) is 0 Å². The van der Waals surface area contributed by atoms with Crippen LogP contribution in [0.15, 0.2) is 58.8 Å². The van der Waals surface area contributed by atoms with E-state index in [2.05, 4.69) is 4.98 Å². The third-order valence-corrected chi connectivity index (χ3v) is 6.57. The maximum absolute atomic E-state index is 12.6. The second-order valence-electron chi connectivity index (χ2n) is 7.35. The first-order valence-electron chi connectivity index (χ1n) is 10.0. The van der Waals surface area contributed by atoms with Crippen molar-refractivity contribution < 1.29 is 22.7 Å². The van der Waals surface area contributed by atoms with Gasteiger partial charge in [0.25, 0.3) is 5.91 Å². The zero-order chi connectivity index (χ0) is 23.1. The molecule has 0 aliphatic carbocycles. The first-order chi connectivity index (χ1) is 15.2. The Hall–Kier alpha value is -2.91. The van der Waals surface area contributed by atoms with Crippen molar-refractivity contribution in [2.75, 3.05) is 26.5 Å². The van der Waals surface area contributed by atoms with Crippen LogP contribution in [0.1, 0.15) is 27.5 Å². The van der Waals surface area contributed by atoms with Crippen LogP contribution in [-0.4, -0.2) is 50.7 Å². The van der Waals surface area contributed by atoms with E-state index in [1.807, 2.05) is 12.3 Å². The highest BCUT2D eigenvalue weighted by Crippen LogP contribution is 2.18. The molecule has 0 saturated heterocycles. The van der Waals surface area contributed by atoms with Crippen molar-refractivity contribution in [1.29, 1.82) is 0 Å². The zero-order valence-electron chi connectivity index (χ0n) is 18.3. The third kappa shape index (κ3) is 6.80. The quantitative estimate of drug-likeness (QED) is 0.413. The average Bonchev–Trinajstić information content (AvgIpc) is 3.19. The molecule has 0 N–H and O–H groups in total. The van der Waals surface area contributed by atoms with Gasteiger partial charge in [-0.15, -0.1) is 11.3 Å². The van der Waals surface area contributed by atoms with Crippen molar-refractivity contribution in [2.24, 2.45) is 0 Å². The molecule has 0 fully saturated rings. The minimum Gasteiger partial charge on any atom is -0.493 e. The first-order valence-corrected chi connectivity index (χ1v) is 12.8. The summed E-state index contributed by atoms with van der Waals surface area (Å²) in [5.41, 5.74) is 1.46. The van der Waals surface area contributed by atoms with Crippen molar-refractivity contribution in [2.45, 2.75) is 24.8 Å². The Morgan fingerprint density at radius 2 is 1.84 bits per heavy atom. The Balaban J connectivity index is 1.44. The summed E-state index contributed by atoms with van der Waals surface area (Å²) in [7, 11) is -1.54. The standard InChI is InChI=1S/C23H26N2O5S2/c1-17-24-19(16-31-17)15-30-20-10-8-18(9-11-20)23(26)25(2)12-5-13-29-21-6-4-7-22(14-21)32(3,27)28/h4,6-11,14,16H,5,12-13,15H2,1-3H3. The molecule has 0 radical (unpaired) electrons. The first kappa shape index (κ1) is 23.7. The molecule has 3 aromatic rings. The Morgan fingerprint density at radius 3 is 2.50 bits per heavy atom. The van der Waals surface area contributed by atoms with Gasteiger partial charge in [0.2, 0.25) is 0 Å². The lowest BCUT2D eigenvalue weighted by Gasteiger charge is -2.17. The number of nitrogens with zero attached hydrogens (tertiary/aromatic N) is 2. The molecule has 0 saturated carbocycles. The molecule has 2 aromatic carbocycles. The molecule has 7 nitrogen and oxygen atoms in total. The van der Waals surface area contributed by atoms with E-state index in [9.17, 15) is 13.2 Å². The summed E-state index contributed by atoms with van der Waals surface area (Å²) in [4.78, 5) is 18.8. The summed E-state index contributed by atoms with van der Waals surface area (Å²) in [6, 6.07) is 13.4. The van der Waals surface area contributed by atoms with Gasteiger partial charge in [0, 0.05) is 30.8 Å². The van der Waals surface area contributed by atoms with Crippen LogP contribution in [0.4, 0.5) is 0 Å². The minimum absolute atomic E-state index is 0.0919. The Labute approximate surface area is 192 Å². The number of amides is 1. The highest BCUT2D eigenvalue weighted by Gasteiger charge is 2.12. The zero-order valence-corrected chi connectivity index (χ0v) is 19.9. The molecule has 32 heavy (non-hydrogen) atoms. The molecule has 3 rings (SSSR count). The van der Waals surface area contributed by atoms with Gasteiger partial charge < -0.3 is 14.4 Å². The number of carbonyl (C=O) groups is 1. The summed E-state index contributed by atoms with van der Waals surface area (Å²) in [6.45, 7) is 3.22. The third-order valence-electron chi connectivity index (χ3n) is 4.64. The Morgan fingerprint density at radius 1 is 1.09 bits per heavy atom. The molecule has 1 heterocycles. The number of rotatable bonds is 10. The lowest BCUT2D eigenvalue weighted by Crippen LogP contribution is -2.28. The predicted octanol–water partition coefficient (Wildman–Crippen LogP) is 3.98. The number of aryl methyl sites for hydroxylation is 1. The normalized spacial score (nSPS) is 11.2. The van der Waals surface area contributed by atoms with E-state index in [-0.39, 0.29) is 10.8 Å². The monoisotopic (exact) mass is 474 g/mol. The van der Waals surface area contributed by atoms with Gasteiger partial charge in [-0.25, -0.2) is 13.4 Å². The van der Waals surface area contributed by atoms with Crippen LogP contribution in [0, 0.1) is 6.92 Å². The van der Waals surface area contributed by atoms with Crippen LogP contribution in [0.25, 0.3) is 0 Å². The van der Waals surface area contributed by atoms with Crippen LogP contribution < -0.4 is 9.47 Å². The smallest absolute Gasteiger partial charge is 0.253 e. The Kier molecular flexibility index (Phi) is 7.87. The van der Waals surface area contributed by atoms with Crippen LogP contribution >= 0.6 is 11.3 Å². The summed E-state index contributed by atoms with van der Waals surface area (Å²) >= 11 is 1.58. The molecular weight excluding hydrogens is 448 g/mol. The lowest BCUT2D eigenvalue weighted by molar-refractivity contribution is 0.0787. The highest BCUT2D eigenvalue weighted by molar-refractivity contribution is 7.90. The maximum Gasteiger partial charge on any atom is 0.253 e. The number of carbonyl (C=O) groups excluding carboxylic acids is 1. The SMILES string of the molecule is Cc1nc(COc2ccc(C(=O)N(C)CCCOc3cccc(S(C)(=O)=O)c3)cc2)cs1. The molecule has 0 unspecified atom stereocenters. The van der Waals surface area contributed by atoms with E-state index in [1.54, 1.807) is 59.7 Å². The van der Waals surface area contributed by atoms with Crippen molar-refractivity contribution in [3.63, 3.8) is 0 Å².